The minimum atomic E-state index is 0.604. The molecule has 2 rings (SSSR count). The number of nitrogens with two attached hydrogens (primary N) is 1. The number of aromatic nitrogens is 1. The van der Waals surface area contributed by atoms with E-state index in [4.69, 9.17) is 17.3 Å². The Balaban J connectivity index is 2.17. The van der Waals surface area contributed by atoms with Gasteiger partial charge in [-0.25, -0.2) is 4.98 Å². The maximum absolute atomic E-state index is 5.97. The fourth-order valence-corrected chi connectivity index (χ4v) is 2.03. The molecule has 0 amide bonds. The SMILES string of the molecule is CCCCN(c1ncc(Cl)cc1N)C1CC1. The zero-order valence-electron chi connectivity index (χ0n) is 9.62. The van der Waals surface area contributed by atoms with Crippen LogP contribution >= 0.6 is 11.6 Å². The molecule has 2 N–H and O–H groups in total. The van der Waals surface area contributed by atoms with Crippen LogP contribution in [0.25, 0.3) is 0 Å². The number of hydrogen-bond donors (Lipinski definition) is 1. The van der Waals surface area contributed by atoms with Gasteiger partial charge < -0.3 is 10.6 Å². The molecule has 1 aromatic heterocycles. The average molecular weight is 240 g/mol. The van der Waals surface area contributed by atoms with E-state index >= 15 is 0 Å². The van der Waals surface area contributed by atoms with Crippen molar-refractivity contribution in [3.63, 3.8) is 0 Å². The molecule has 0 aromatic carbocycles. The largest absolute Gasteiger partial charge is 0.396 e. The van der Waals surface area contributed by atoms with Crippen LogP contribution in [0.15, 0.2) is 12.3 Å². The zero-order chi connectivity index (χ0) is 11.5. The second-order valence-corrected chi connectivity index (χ2v) is 4.78. The van der Waals surface area contributed by atoms with Crippen LogP contribution in [0.3, 0.4) is 0 Å². The quantitative estimate of drug-likeness (QED) is 0.859. The Labute approximate surface area is 102 Å². The van der Waals surface area contributed by atoms with Crippen molar-refractivity contribution in [1.29, 1.82) is 0 Å². The van der Waals surface area contributed by atoms with Gasteiger partial charge in [-0.3, -0.25) is 0 Å². The first-order chi connectivity index (χ1) is 7.72. The molecular weight excluding hydrogens is 222 g/mol. The van der Waals surface area contributed by atoms with Gasteiger partial charge in [0, 0.05) is 18.8 Å². The van der Waals surface area contributed by atoms with Crippen LogP contribution in [0.2, 0.25) is 5.02 Å². The number of unbranched alkanes of at least 4 members (excludes halogenated alkanes) is 1. The molecule has 1 heterocycles. The van der Waals surface area contributed by atoms with Crippen LogP contribution in [0, 0.1) is 0 Å². The van der Waals surface area contributed by atoms with Crippen molar-refractivity contribution in [2.24, 2.45) is 0 Å². The number of halogens is 1. The highest BCUT2D eigenvalue weighted by Crippen LogP contribution is 2.34. The molecule has 0 spiro atoms. The molecule has 88 valence electrons. The van der Waals surface area contributed by atoms with E-state index in [0.29, 0.717) is 16.8 Å². The first kappa shape index (κ1) is 11.5. The lowest BCUT2D eigenvalue weighted by Gasteiger charge is -2.24. The lowest BCUT2D eigenvalue weighted by molar-refractivity contribution is 0.706. The van der Waals surface area contributed by atoms with Gasteiger partial charge in [0.25, 0.3) is 0 Å². The highest BCUT2D eigenvalue weighted by Gasteiger charge is 2.30. The molecule has 0 atom stereocenters. The molecule has 1 aliphatic carbocycles. The molecule has 0 aliphatic heterocycles. The monoisotopic (exact) mass is 239 g/mol. The Morgan fingerprint density at radius 3 is 2.88 bits per heavy atom. The molecule has 0 bridgehead atoms. The third-order valence-electron chi connectivity index (χ3n) is 2.87. The molecule has 4 heteroatoms. The molecule has 1 aliphatic rings. The van der Waals surface area contributed by atoms with Gasteiger partial charge in [-0.15, -0.1) is 0 Å². The number of rotatable bonds is 5. The lowest BCUT2D eigenvalue weighted by atomic mass is 10.3. The van der Waals surface area contributed by atoms with Crippen molar-refractivity contribution in [3.8, 4) is 0 Å². The molecule has 0 saturated heterocycles. The molecule has 3 nitrogen and oxygen atoms in total. The summed E-state index contributed by atoms with van der Waals surface area (Å²) in [7, 11) is 0. The van der Waals surface area contributed by atoms with Crippen molar-refractivity contribution >= 4 is 23.1 Å². The maximum Gasteiger partial charge on any atom is 0.152 e. The van der Waals surface area contributed by atoms with Crippen LogP contribution in [-0.4, -0.2) is 17.6 Å². The van der Waals surface area contributed by atoms with Crippen LogP contribution < -0.4 is 10.6 Å². The Hall–Kier alpha value is -0.960. The summed E-state index contributed by atoms with van der Waals surface area (Å²) in [6, 6.07) is 2.42. The van der Waals surface area contributed by atoms with E-state index in [9.17, 15) is 0 Å². The molecule has 16 heavy (non-hydrogen) atoms. The van der Waals surface area contributed by atoms with Crippen LogP contribution in [0.1, 0.15) is 32.6 Å². The van der Waals surface area contributed by atoms with Crippen LogP contribution in [-0.2, 0) is 0 Å². The van der Waals surface area contributed by atoms with E-state index in [1.54, 1.807) is 12.3 Å². The van der Waals surface area contributed by atoms with Gasteiger partial charge in [0.2, 0.25) is 0 Å². The summed E-state index contributed by atoms with van der Waals surface area (Å²) in [5.41, 5.74) is 6.66. The summed E-state index contributed by atoms with van der Waals surface area (Å²) in [4.78, 5) is 6.69. The van der Waals surface area contributed by atoms with Gasteiger partial charge in [0.05, 0.1) is 10.7 Å². The Morgan fingerprint density at radius 1 is 1.56 bits per heavy atom. The molecular formula is C12H18ClN3. The fourth-order valence-electron chi connectivity index (χ4n) is 1.86. The number of nitrogen functional groups attached to an aromatic ring is 1. The van der Waals surface area contributed by atoms with Crippen LogP contribution in [0.5, 0.6) is 0 Å². The maximum atomic E-state index is 5.97. The summed E-state index contributed by atoms with van der Waals surface area (Å²) in [6.45, 7) is 3.24. The summed E-state index contributed by atoms with van der Waals surface area (Å²) in [5, 5.41) is 0.604. The van der Waals surface area contributed by atoms with Crippen molar-refractivity contribution in [3.05, 3.63) is 17.3 Å². The Kier molecular flexibility index (Phi) is 3.54. The third-order valence-corrected chi connectivity index (χ3v) is 3.08. The first-order valence-electron chi connectivity index (χ1n) is 5.90. The van der Waals surface area contributed by atoms with E-state index in [0.717, 1.165) is 12.4 Å². The summed E-state index contributed by atoms with van der Waals surface area (Å²) in [6.07, 6.45) is 6.56. The van der Waals surface area contributed by atoms with E-state index in [1.165, 1.54) is 25.7 Å². The van der Waals surface area contributed by atoms with Crippen molar-refractivity contribution in [2.75, 3.05) is 17.2 Å². The summed E-state index contributed by atoms with van der Waals surface area (Å²) in [5.74, 6) is 0.903. The second-order valence-electron chi connectivity index (χ2n) is 4.34. The van der Waals surface area contributed by atoms with Gasteiger partial charge in [-0.2, -0.15) is 0 Å². The second kappa shape index (κ2) is 4.91. The number of anilines is 2. The van der Waals surface area contributed by atoms with Gasteiger partial charge in [-0.1, -0.05) is 24.9 Å². The highest BCUT2D eigenvalue weighted by atomic mass is 35.5. The number of hydrogen-bond acceptors (Lipinski definition) is 3. The zero-order valence-corrected chi connectivity index (χ0v) is 10.4. The first-order valence-corrected chi connectivity index (χ1v) is 6.28. The highest BCUT2D eigenvalue weighted by molar-refractivity contribution is 6.30. The summed E-state index contributed by atoms with van der Waals surface area (Å²) < 4.78 is 0. The number of nitrogens with zero attached hydrogens (tertiary/aromatic N) is 2. The predicted octanol–water partition coefficient (Wildman–Crippen LogP) is 3.09. The Morgan fingerprint density at radius 2 is 2.31 bits per heavy atom. The molecule has 1 aromatic rings. The van der Waals surface area contributed by atoms with Gasteiger partial charge in [0.15, 0.2) is 5.82 Å². The topological polar surface area (TPSA) is 42.2 Å². The molecule has 1 fully saturated rings. The van der Waals surface area contributed by atoms with E-state index in [-0.39, 0.29) is 0 Å². The van der Waals surface area contributed by atoms with E-state index in [2.05, 4.69) is 16.8 Å². The normalized spacial score (nSPS) is 15.1. The predicted molar refractivity (Wildman–Crippen MR) is 68.9 cm³/mol. The molecule has 1 saturated carbocycles. The van der Waals surface area contributed by atoms with Crippen molar-refractivity contribution in [2.45, 2.75) is 38.6 Å². The minimum absolute atomic E-state index is 0.604. The molecule has 0 unspecified atom stereocenters. The number of pyridine rings is 1. The average Bonchev–Trinajstić information content (AvgIpc) is 3.05. The van der Waals surface area contributed by atoms with Crippen molar-refractivity contribution < 1.29 is 0 Å². The van der Waals surface area contributed by atoms with Gasteiger partial charge in [-0.05, 0) is 25.3 Å². The Bertz CT molecular complexity index is 363. The van der Waals surface area contributed by atoms with Crippen molar-refractivity contribution in [1.82, 2.24) is 4.98 Å². The van der Waals surface area contributed by atoms with Gasteiger partial charge in [0.1, 0.15) is 0 Å². The standard InChI is InChI=1S/C12H18ClN3/c1-2-3-6-16(10-4-5-10)12-11(14)7-9(13)8-15-12/h7-8,10H,2-6,14H2,1H3. The molecule has 0 radical (unpaired) electrons. The minimum Gasteiger partial charge on any atom is -0.396 e. The van der Waals surface area contributed by atoms with Crippen LogP contribution in [0.4, 0.5) is 11.5 Å². The fraction of sp³-hybridized carbons (Fsp3) is 0.583. The lowest BCUT2D eigenvalue weighted by Crippen LogP contribution is -2.28. The van der Waals surface area contributed by atoms with E-state index < -0.39 is 0 Å². The smallest absolute Gasteiger partial charge is 0.152 e. The van der Waals surface area contributed by atoms with Gasteiger partial charge >= 0.3 is 0 Å². The third kappa shape index (κ3) is 2.59. The van der Waals surface area contributed by atoms with E-state index in [1.807, 2.05) is 0 Å². The summed E-state index contributed by atoms with van der Waals surface area (Å²) >= 11 is 5.86.